The van der Waals surface area contributed by atoms with Crippen molar-refractivity contribution >= 4 is 0 Å². The predicted octanol–water partition coefficient (Wildman–Crippen LogP) is 3.27. The maximum atomic E-state index is 5.97. The molecule has 0 unspecified atom stereocenters. The maximum Gasteiger partial charge on any atom is 0.243 e. The summed E-state index contributed by atoms with van der Waals surface area (Å²) in [5.74, 6) is 2.72. The van der Waals surface area contributed by atoms with E-state index in [2.05, 4.69) is 44.8 Å². The first kappa shape index (κ1) is 14.2. The van der Waals surface area contributed by atoms with Crippen LogP contribution >= 0.6 is 0 Å². The van der Waals surface area contributed by atoms with Gasteiger partial charge in [0.05, 0.1) is 6.04 Å². The summed E-state index contributed by atoms with van der Waals surface area (Å²) in [7, 11) is 0. The summed E-state index contributed by atoms with van der Waals surface area (Å²) in [4.78, 5) is 4.47. The first-order chi connectivity index (χ1) is 7.97. The molecule has 2 N–H and O–H groups in total. The molecule has 1 rings (SSSR count). The van der Waals surface area contributed by atoms with E-state index < -0.39 is 0 Å². The molecular formula is C13H25N3O. The average molecular weight is 239 g/mol. The minimum atomic E-state index is -0.124. The Bertz CT molecular complexity index is 325. The minimum absolute atomic E-state index is 0.124. The molecule has 0 spiro atoms. The summed E-state index contributed by atoms with van der Waals surface area (Å²) < 4.78 is 5.27. The lowest BCUT2D eigenvalue weighted by molar-refractivity contribution is 0.323. The fraction of sp³-hybridized carbons (Fsp3) is 0.846. The molecule has 0 aliphatic rings. The highest BCUT2D eigenvalue weighted by atomic mass is 16.5. The van der Waals surface area contributed by atoms with Crippen molar-refractivity contribution in [2.75, 3.05) is 0 Å². The molecule has 0 saturated carbocycles. The van der Waals surface area contributed by atoms with Gasteiger partial charge in [0.25, 0.3) is 0 Å². The highest BCUT2D eigenvalue weighted by Gasteiger charge is 2.26. The van der Waals surface area contributed by atoms with E-state index in [4.69, 9.17) is 10.3 Å². The molecule has 0 amide bonds. The van der Waals surface area contributed by atoms with Crippen LogP contribution in [0.5, 0.6) is 0 Å². The Morgan fingerprint density at radius 1 is 1.18 bits per heavy atom. The van der Waals surface area contributed by atoms with Crippen molar-refractivity contribution in [2.24, 2.45) is 17.6 Å². The summed E-state index contributed by atoms with van der Waals surface area (Å²) >= 11 is 0. The zero-order valence-corrected chi connectivity index (χ0v) is 11.6. The molecule has 4 nitrogen and oxygen atoms in total. The van der Waals surface area contributed by atoms with Gasteiger partial charge in [-0.15, -0.1) is 0 Å². The predicted molar refractivity (Wildman–Crippen MR) is 68.6 cm³/mol. The number of hydrogen-bond acceptors (Lipinski definition) is 4. The van der Waals surface area contributed by atoms with Crippen molar-refractivity contribution in [2.45, 2.75) is 59.4 Å². The van der Waals surface area contributed by atoms with E-state index in [1.54, 1.807) is 0 Å². The monoisotopic (exact) mass is 239 g/mol. The van der Waals surface area contributed by atoms with Gasteiger partial charge in [-0.25, -0.2) is 0 Å². The van der Waals surface area contributed by atoms with Crippen LogP contribution in [0.4, 0.5) is 0 Å². The summed E-state index contributed by atoms with van der Waals surface area (Å²) in [5.41, 5.74) is 5.97. The fourth-order valence-electron chi connectivity index (χ4n) is 2.33. The van der Waals surface area contributed by atoms with E-state index >= 15 is 0 Å². The first-order valence-electron chi connectivity index (χ1n) is 6.56. The zero-order chi connectivity index (χ0) is 13.0. The third kappa shape index (κ3) is 3.53. The van der Waals surface area contributed by atoms with Gasteiger partial charge in [-0.3, -0.25) is 0 Å². The van der Waals surface area contributed by atoms with Crippen molar-refractivity contribution in [3.05, 3.63) is 11.7 Å². The molecule has 1 aromatic rings. The smallest absolute Gasteiger partial charge is 0.243 e. The largest absolute Gasteiger partial charge is 0.338 e. The van der Waals surface area contributed by atoms with E-state index in [9.17, 15) is 0 Å². The summed E-state index contributed by atoms with van der Waals surface area (Å²) in [5, 5.41) is 4.10. The van der Waals surface area contributed by atoms with Gasteiger partial charge in [-0.2, -0.15) is 4.98 Å². The van der Waals surface area contributed by atoms with Crippen LogP contribution in [0.3, 0.4) is 0 Å². The van der Waals surface area contributed by atoms with Crippen molar-refractivity contribution in [1.82, 2.24) is 10.1 Å². The van der Waals surface area contributed by atoms with Crippen LogP contribution in [0.25, 0.3) is 0 Å². The van der Waals surface area contributed by atoms with E-state index in [1.165, 1.54) is 0 Å². The van der Waals surface area contributed by atoms with Gasteiger partial charge in [0.2, 0.25) is 5.89 Å². The Morgan fingerprint density at radius 3 is 2.24 bits per heavy atom. The lowest BCUT2D eigenvalue weighted by Crippen LogP contribution is -2.16. The third-order valence-electron chi connectivity index (χ3n) is 3.11. The number of nitrogens with zero attached hydrogens (tertiary/aromatic N) is 2. The molecule has 0 saturated heterocycles. The number of aromatic nitrogens is 2. The molecular weight excluding hydrogens is 214 g/mol. The van der Waals surface area contributed by atoms with Crippen molar-refractivity contribution in [3.8, 4) is 0 Å². The highest BCUT2D eigenvalue weighted by Crippen LogP contribution is 2.30. The van der Waals surface area contributed by atoms with Gasteiger partial charge in [-0.05, 0) is 18.3 Å². The topological polar surface area (TPSA) is 64.9 Å². The summed E-state index contributed by atoms with van der Waals surface area (Å²) in [6.45, 7) is 10.8. The summed E-state index contributed by atoms with van der Waals surface area (Å²) in [6, 6.07) is -0.124. The Labute approximate surface area is 104 Å². The normalized spacial score (nSPS) is 13.9. The second kappa shape index (κ2) is 6.15. The molecule has 0 fully saturated rings. The molecule has 0 bridgehead atoms. The fourth-order valence-corrected chi connectivity index (χ4v) is 2.33. The Balaban J connectivity index is 2.85. The number of rotatable bonds is 6. The number of hydrogen-bond donors (Lipinski definition) is 1. The lowest BCUT2D eigenvalue weighted by atomic mass is 9.85. The van der Waals surface area contributed by atoms with Crippen LogP contribution in [0.2, 0.25) is 0 Å². The molecule has 4 heteroatoms. The van der Waals surface area contributed by atoms with Crippen molar-refractivity contribution < 1.29 is 4.52 Å². The second-order valence-corrected chi connectivity index (χ2v) is 5.40. The van der Waals surface area contributed by atoms with Crippen molar-refractivity contribution in [1.29, 1.82) is 0 Å². The number of nitrogens with two attached hydrogens (primary N) is 1. The standard InChI is InChI=1S/C13H25N3O/c1-6-7-10(14)13-15-12(16-17-13)11(8(2)3)9(4)5/h8-11H,6-7,14H2,1-5H3/t10-/m0/s1. The van der Waals surface area contributed by atoms with Gasteiger partial charge in [0.15, 0.2) is 5.82 Å². The first-order valence-corrected chi connectivity index (χ1v) is 6.56. The SMILES string of the molecule is CCC[C@H](N)c1nc(C(C(C)C)C(C)C)no1. The molecule has 0 aromatic carbocycles. The van der Waals surface area contributed by atoms with Gasteiger partial charge in [0, 0.05) is 5.92 Å². The van der Waals surface area contributed by atoms with Gasteiger partial charge in [-0.1, -0.05) is 46.2 Å². The van der Waals surface area contributed by atoms with Crippen LogP contribution in [-0.4, -0.2) is 10.1 Å². The molecule has 1 heterocycles. The van der Waals surface area contributed by atoms with Gasteiger partial charge < -0.3 is 10.3 Å². The van der Waals surface area contributed by atoms with Crippen LogP contribution in [0, 0.1) is 11.8 Å². The molecule has 1 aromatic heterocycles. The Morgan fingerprint density at radius 2 is 1.76 bits per heavy atom. The van der Waals surface area contributed by atoms with E-state index in [0.717, 1.165) is 18.7 Å². The van der Waals surface area contributed by atoms with E-state index in [1.807, 2.05) is 0 Å². The van der Waals surface area contributed by atoms with Crippen molar-refractivity contribution in [3.63, 3.8) is 0 Å². The Kier molecular flexibility index (Phi) is 5.12. The van der Waals surface area contributed by atoms with Crippen LogP contribution < -0.4 is 5.73 Å². The Hall–Kier alpha value is -0.900. The molecule has 0 radical (unpaired) electrons. The summed E-state index contributed by atoms with van der Waals surface area (Å²) in [6.07, 6.45) is 1.91. The molecule has 98 valence electrons. The van der Waals surface area contributed by atoms with Gasteiger partial charge >= 0.3 is 0 Å². The maximum absolute atomic E-state index is 5.97. The average Bonchev–Trinajstić information content (AvgIpc) is 2.66. The van der Waals surface area contributed by atoms with E-state index in [0.29, 0.717) is 23.6 Å². The molecule has 0 aliphatic carbocycles. The highest BCUT2D eigenvalue weighted by molar-refractivity contribution is 5.00. The quantitative estimate of drug-likeness (QED) is 0.827. The molecule has 1 atom stereocenters. The lowest BCUT2D eigenvalue weighted by Gasteiger charge is -2.20. The second-order valence-electron chi connectivity index (χ2n) is 5.40. The third-order valence-corrected chi connectivity index (χ3v) is 3.11. The van der Waals surface area contributed by atoms with Crippen LogP contribution in [0.1, 0.15) is 71.1 Å². The zero-order valence-electron chi connectivity index (χ0n) is 11.6. The van der Waals surface area contributed by atoms with E-state index in [-0.39, 0.29) is 6.04 Å². The minimum Gasteiger partial charge on any atom is -0.338 e. The van der Waals surface area contributed by atoms with Crippen LogP contribution in [-0.2, 0) is 0 Å². The molecule has 17 heavy (non-hydrogen) atoms. The molecule has 0 aliphatic heterocycles. The van der Waals surface area contributed by atoms with Crippen LogP contribution in [0.15, 0.2) is 4.52 Å². The van der Waals surface area contributed by atoms with Gasteiger partial charge in [0.1, 0.15) is 0 Å².